The summed E-state index contributed by atoms with van der Waals surface area (Å²) in [4.78, 5) is 46.9. The normalized spacial score (nSPS) is 12.7. The second-order valence-electron chi connectivity index (χ2n) is 6.79. The second kappa shape index (κ2) is 11.6. The Labute approximate surface area is 163 Å². The third-order valence-corrected chi connectivity index (χ3v) is 3.82. The number of primary amides is 1. The first-order valence-corrected chi connectivity index (χ1v) is 8.97. The van der Waals surface area contributed by atoms with Crippen LogP contribution in [-0.2, 0) is 25.7 Å². The van der Waals surface area contributed by atoms with E-state index in [9.17, 15) is 24.3 Å². The van der Waals surface area contributed by atoms with E-state index in [1.54, 1.807) is 24.3 Å². The molecular weight excluding hydrogens is 366 g/mol. The van der Waals surface area contributed by atoms with E-state index in [1.807, 2.05) is 19.9 Å². The number of alkyl carbamates (subject to hydrolysis) is 1. The lowest BCUT2D eigenvalue weighted by molar-refractivity contribution is -0.142. The number of nitrogens with two attached hydrogens (primary N) is 1. The van der Waals surface area contributed by atoms with Gasteiger partial charge in [0.2, 0.25) is 11.8 Å². The number of ether oxygens (including phenoxy) is 1. The van der Waals surface area contributed by atoms with Crippen LogP contribution in [0.4, 0.5) is 4.79 Å². The van der Waals surface area contributed by atoms with Crippen LogP contribution >= 0.6 is 0 Å². The Kier molecular flexibility index (Phi) is 9.49. The molecule has 9 nitrogen and oxygen atoms in total. The van der Waals surface area contributed by atoms with Gasteiger partial charge in [0.15, 0.2) is 0 Å². The first-order valence-electron chi connectivity index (χ1n) is 8.97. The Morgan fingerprint density at radius 3 is 2.25 bits per heavy atom. The molecule has 1 aromatic carbocycles. The fourth-order valence-corrected chi connectivity index (χ4v) is 2.43. The molecule has 2 atom stereocenters. The van der Waals surface area contributed by atoms with E-state index in [2.05, 4.69) is 10.6 Å². The number of benzene rings is 1. The van der Waals surface area contributed by atoms with E-state index in [4.69, 9.17) is 10.5 Å². The lowest BCUT2D eigenvalue weighted by Crippen LogP contribution is -2.52. The van der Waals surface area contributed by atoms with Crippen LogP contribution in [0.3, 0.4) is 0 Å². The van der Waals surface area contributed by atoms with Crippen LogP contribution in [0.5, 0.6) is 0 Å². The zero-order valence-corrected chi connectivity index (χ0v) is 16.0. The number of aliphatic carboxylic acids is 1. The molecule has 9 heteroatoms. The number of carbonyl (C=O) groups is 4. The molecule has 0 radical (unpaired) electrons. The van der Waals surface area contributed by atoms with E-state index >= 15 is 0 Å². The average Bonchev–Trinajstić information content (AvgIpc) is 2.63. The largest absolute Gasteiger partial charge is 0.480 e. The van der Waals surface area contributed by atoms with Gasteiger partial charge in [-0.05, 0) is 24.3 Å². The minimum absolute atomic E-state index is 0.00192. The fourth-order valence-electron chi connectivity index (χ4n) is 2.43. The number of hydrogen-bond donors (Lipinski definition) is 4. The van der Waals surface area contributed by atoms with Crippen LogP contribution in [0.15, 0.2) is 30.3 Å². The van der Waals surface area contributed by atoms with Gasteiger partial charge in [0, 0.05) is 6.42 Å². The van der Waals surface area contributed by atoms with Crippen molar-refractivity contribution in [2.75, 3.05) is 0 Å². The van der Waals surface area contributed by atoms with Crippen molar-refractivity contribution in [2.24, 2.45) is 11.7 Å². The SMILES string of the molecule is CC(C)C[C@H](NC(=O)[C@H](CCC(N)=O)NC(=O)OCc1ccccc1)C(=O)O. The minimum Gasteiger partial charge on any atom is -0.480 e. The van der Waals surface area contributed by atoms with E-state index in [1.165, 1.54) is 0 Å². The fraction of sp³-hybridized carbons (Fsp3) is 0.474. The Hall–Kier alpha value is -3.10. The van der Waals surface area contributed by atoms with Gasteiger partial charge < -0.3 is 26.2 Å². The smallest absolute Gasteiger partial charge is 0.408 e. The number of carboxylic acids is 1. The number of rotatable bonds is 11. The molecule has 0 fully saturated rings. The first-order chi connectivity index (χ1) is 13.2. The van der Waals surface area contributed by atoms with Gasteiger partial charge in [0.05, 0.1) is 0 Å². The summed E-state index contributed by atoms with van der Waals surface area (Å²) < 4.78 is 5.07. The quantitative estimate of drug-likeness (QED) is 0.443. The average molecular weight is 393 g/mol. The summed E-state index contributed by atoms with van der Waals surface area (Å²) in [5, 5.41) is 14.0. The lowest BCUT2D eigenvalue weighted by Gasteiger charge is -2.22. The van der Waals surface area contributed by atoms with Gasteiger partial charge in [-0.1, -0.05) is 44.2 Å². The third-order valence-electron chi connectivity index (χ3n) is 3.82. The van der Waals surface area contributed by atoms with Gasteiger partial charge in [-0.3, -0.25) is 9.59 Å². The molecule has 28 heavy (non-hydrogen) atoms. The topological polar surface area (TPSA) is 148 Å². The van der Waals surface area contributed by atoms with Crippen LogP contribution in [0, 0.1) is 5.92 Å². The highest BCUT2D eigenvalue weighted by atomic mass is 16.5. The summed E-state index contributed by atoms with van der Waals surface area (Å²) in [6.45, 7) is 3.65. The van der Waals surface area contributed by atoms with Crippen molar-refractivity contribution in [3.05, 3.63) is 35.9 Å². The molecule has 0 aliphatic rings. The van der Waals surface area contributed by atoms with Crippen molar-refractivity contribution in [3.8, 4) is 0 Å². The van der Waals surface area contributed by atoms with Crippen molar-refractivity contribution in [3.63, 3.8) is 0 Å². The number of amides is 3. The third kappa shape index (κ3) is 9.02. The maximum absolute atomic E-state index is 12.5. The second-order valence-corrected chi connectivity index (χ2v) is 6.79. The molecule has 0 unspecified atom stereocenters. The van der Waals surface area contributed by atoms with Crippen LogP contribution in [0.25, 0.3) is 0 Å². The Morgan fingerprint density at radius 2 is 1.71 bits per heavy atom. The predicted octanol–water partition coefficient (Wildman–Crippen LogP) is 1.16. The van der Waals surface area contributed by atoms with Gasteiger partial charge in [0.25, 0.3) is 0 Å². The van der Waals surface area contributed by atoms with E-state index in [0.29, 0.717) is 0 Å². The molecule has 3 amide bonds. The number of hydrogen-bond acceptors (Lipinski definition) is 5. The van der Waals surface area contributed by atoms with Gasteiger partial charge in [-0.2, -0.15) is 0 Å². The molecule has 1 rings (SSSR count). The van der Waals surface area contributed by atoms with Crippen molar-refractivity contribution >= 4 is 23.9 Å². The van der Waals surface area contributed by atoms with Gasteiger partial charge in [0.1, 0.15) is 18.7 Å². The maximum atomic E-state index is 12.5. The number of nitrogens with one attached hydrogen (secondary N) is 2. The van der Waals surface area contributed by atoms with E-state index in [0.717, 1.165) is 5.56 Å². The van der Waals surface area contributed by atoms with Crippen LogP contribution in [0.1, 0.15) is 38.7 Å². The van der Waals surface area contributed by atoms with Crippen LogP contribution in [-0.4, -0.2) is 41.1 Å². The van der Waals surface area contributed by atoms with Crippen molar-refractivity contribution in [2.45, 2.75) is 51.8 Å². The standard InChI is InChI=1S/C19H27N3O6/c1-12(2)10-15(18(25)26)21-17(24)14(8-9-16(20)23)22-19(27)28-11-13-6-4-3-5-7-13/h3-7,12,14-15H,8-11H2,1-2H3,(H2,20,23)(H,21,24)(H,22,27)(H,25,26)/t14-,15-/m0/s1. The molecule has 0 aliphatic carbocycles. The molecule has 5 N–H and O–H groups in total. The zero-order chi connectivity index (χ0) is 21.1. The molecule has 0 heterocycles. The van der Waals surface area contributed by atoms with Crippen molar-refractivity contribution in [1.29, 1.82) is 0 Å². The van der Waals surface area contributed by atoms with Gasteiger partial charge in [-0.15, -0.1) is 0 Å². The summed E-state index contributed by atoms with van der Waals surface area (Å²) >= 11 is 0. The maximum Gasteiger partial charge on any atom is 0.408 e. The van der Waals surface area contributed by atoms with E-state index in [-0.39, 0.29) is 31.8 Å². The molecule has 0 saturated heterocycles. The molecule has 1 aromatic rings. The molecular formula is C19H27N3O6. The summed E-state index contributed by atoms with van der Waals surface area (Å²) in [6.07, 6.45) is -0.861. The summed E-state index contributed by atoms with van der Waals surface area (Å²) in [5.41, 5.74) is 5.88. The Bertz CT molecular complexity index is 678. The predicted molar refractivity (Wildman–Crippen MR) is 101 cm³/mol. The molecule has 0 aromatic heterocycles. The monoisotopic (exact) mass is 393 g/mol. The summed E-state index contributed by atoms with van der Waals surface area (Å²) in [5.74, 6) is -2.50. The van der Waals surface area contributed by atoms with Crippen LogP contribution in [0.2, 0.25) is 0 Å². The molecule has 0 spiro atoms. The summed E-state index contributed by atoms with van der Waals surface area (Å²) in [6, 6.07) is 6.70. The molecule has 0 aliphatic heterocycles. The highest BCUT2D eigenvalue weighted by molar-refractivity contribution is 5.89. The van der Waals surface area contributed by atoms with Crippen LogP contribution < -0.4 is 16.4 Å². The zero-order valence-electron chi connectivity index (χ0n) is 16.0. The highest BCUT2D eigenvalue weighted by Crippen LogP contribution is 2.07. The van der Waals surface area contributed by atoms with Gasteiger partial charge >= 0.3 is 12.1 Å². The Morgan fingerprint density at radius 1 is 1.07 bits per heavy atom. The van der Waals surface area contributed by atoms with Gasteiger partial charge in [-0.25, -0.2) is 9.59 Å². The highest BCUT2D eigenvalue weighted by Gasteiger charge is 2.27. The van der Waals surface area contributed by atoms with E-state index < -0.39 is 36.0 Å². The lowest BCUT2D eigenvalue weighted by atomic mass is 10.0. The first kappa shape index (κ1) is 22.9. The molecule has 154 valence electrons. The minimum atomic E-state index is -1.18. The summed E-state index contributed by atoms with van der Waals surface area (Å²) in [7, 11) is 0. The molecule has 0 saturated carbocycles. The number of carboxylic acid groups (broad SMARTS) is 1. The molecule has 0 bridgehead atoms. The Balaban J connectivity index is 2.71. The van der Waals surface area contributed by atoms with Crippen molar-refractivity contribution < 1.29 is 29.0 Å². The number of carbonyl (C=O) groups excluding carboxylic acids is 3. The van der Waals surface area contributed by atoms with Crippen molar-refractivity contribution in [1.82, 2.24) is 10.6 Å².